The van der Waals surface area contributed by atoms with Crippen molar-refractivity contribution in [2.75, 3.05) is 44.3 Å². The van der Waals surface area contributed by atoms with Crippen LogP contribution in [0.25, 0.3) is 0 Å². The zero-order valence-corrected chi connectivity index (χ0v) is 16.2. The van der Waals surface area contributed by atoms with Gasteiger partial charge in [-0.2, -0.15) is 0 Å². The predicted octanol–water partition coefficient (Wildman–Crippen LogP) is 2.03. The predicted molar refractivity (Wildman–Crippen MR) is 108 cm³/mol. The lowest BCUT2D eigenvalue weighted by molar-refractivity contribution is 0.0754. The van der Waals surface area contributed by atoms with Crippen molar-refractivity contribution in [1.29, 1.82) is 0 Å². The number of amides is 1. The van der Waals surface area contributed by atoms with Gasteiger partial charge in [-0.1, -0.05) is 18.2 Å². The van der Waals surface area contributed by atoms with Gasteiger partial charge in [0.15, 0.2) is 0 Å². The zero-order chi connectivity index (χ0) is 19.8. The van der Waals surface area contributed by atoms with E-state index in [0.29, 0.717) is 18.2 Å². The fourth-order valence-electron chi connectivity index (χ4n) is 4.60. The van der Waals surface area contributed by atoms with Crippen LogP contribution in [0.3, 0.4) is 0 Å². The molecule has 2 aromatic carbocycles. The molecule has 0 saturated carbocycles. The monoisotopic (exact) mass is 396 g/mol. The summed E-state index contributed by atoms with van der Waals surface area (Å²) >= 11 is 0. The summed E-state index contributed by atoms with van der Waals surface area (Å²) in [7, 11) is 0. The molecule has 3 aliphatic heterocycles. The van der Waals surface area contributed by atoms with Gasteiger partial charge in [0, 0.05) is 45.1 Å². The smallest absolute Gasteiger partial charge is 0.255 e. The van der Waals surface area contributed by atoms with E-state index >= 15 is 0 Å². The van der Waals surface area contributed by atoms with E-state index in [1.807, 2.05) is 6.07 Å². The van der Waals surface area contributed by atoms with Crippen LogP contribution in [0.5, 0.6) is 5.75 Å². The number of benzene rings is 2. The lowest BCUT2D eigenvalue weighted by atomic mass is 10.0. The number of hydrogen-bond acceptors (Lipinski definition) is 5. The first kappa shape index (κ1) is 18.4. The summed E-state index contributed by atoms with van der Waals surface area (Å²) in [6.45, 7) is 5.01. The molecule has 3 aliphatic rings. The van der Waals surface area contributed by atoms with Crippen LogP contribution in [0, 0.1) is 11.7 Å². The summed E-state index contributed by atoms with van der Waals surface area (Å²) in [5.41, 5.74) is 4.49. The minimum absolute atomic E-state index is 0.270. The molecule has 0 aliphatic carbocycles. The SMILES string of the molecule is O=C1NCC2(CCN(CC3CNN(c4ccccc4)C3)C2)Oc2ccc(F)cc21. The van der Waals surface area contributed by atoms with Crippen molar-refractivity contribution in [3.8, 4) is 5.75 Å². The van der Waals surface area contributed by atoms with Crippen LogP contribution in [-0.2, 0) is 0 Å². The Labute approximate surface area is 169 Å². The molecule has 6 nitrogen and oxygen atoms in total. The van der Waals surface area contributed by atoms with Crippen molar-refractivity contribution in [3.63, 3.8) is 0 Å². The normalized spacial score (nSPS) is 26.9. The lowest BCUT2D eigenvalue weighted by Gasteiger charge is -2.29. The van der Waals surface area contributed by atoms with Crippen molar-refractivity contribution >= 4 is 11.6 Å². The van der Waals surface area contributed by atoms with Gasteiger partial charge in [0.1, 0.15) is 17.2 Å². The van der Waals surface area contributed by atoms with Crippen molar-refractivity contribution in [1.82, 2.24) is 15.6 Å². The number of carbonyl (C=O) groups is 1. The van der Waals surface area contributed by atoms with E-state index in [1.165, 1.54) is 17.8 Å². The maximum absolute atomic E-state index is 13.6. The Morgan fingerprint density at radius 2 is 2.07 bits per heavy atom. The number of nitrogens with zero attached hydrogens (tertiary/aromatic N) is 2. The Hall–Kier alpha value is -2.64. The van der Waals surface area contributed by atoms with Gasteiger partial charge < -0.3 is 15.1 Å². The van der Waals surface area contributed by atoms with Gasteiger partial charge in [0.2, 0.25) is 0 Å². The summed E-state index contributed by atoms with van der Waals surface area (Å²) in [5, 5.41) is 5.14. The average Bonchev–Trinajstić information content (AvgIpc) is 3.33. The van der Waals surface area contributed by atoms with Crippen LogP contribution in [0.4, 0.5) is 10.1 Å². The van der Waals surface area contributed by atoms with E-state index in [1.54, 1.807) is 6.07 Å². The summed E-state index contributed by atoms with van der Waals surface area (Å²) in [6.07, 6.45) is 0.840. The number of anilines is 1. The highest BCUT2D eigenvalue weighted by Gasteiger charge is 2.43. The van der Waals surface area contributed by atoms with Crippen LogP contribution >= 0.6 is 0 Å². The average molecular weight is 396 g/mol. The van der Waals surface area contributed by atoms with Crippen LogP contribution in [0.15, 0.2) is 48.5 Å². The maximum atomic E-state index is 13.6. The second-order valence-electron chi connectivity index (χ2n) is 8.27. The molecule has 2 aromatic rings. The second-order valence-corrected chi connectivity index (χ2v) is 8.27. The molecule has 2 fully saturated rings. The molecule has 2 unspecified atom stereocenters. The topological polar surface area (TPSA) is 56.8 Å². The molecule has 29 heavy (non-hydrogen) atoms. The molecule has 7 heteroatoms. The summed E-state index contributed by atoms with van der Waals surface area (Å²) in [4.78, 5) is 14.8. The second kappa shape index (κ2) is 7.31. The van der Waals surface area contributed by atoms with E-state index in [-0.39, 0.29) is 11.5 Å². The largest absolute Gasteiger partial charge is 0.483 e. The molecule has 152 valence electrons. The Kier molecular flexibility index (Phi) is 4.64. The van der Waals surface area contributed by atoms with Crippen molar-refractivity contribution in [3.05, 3.63) is 59.9 Å². The van der Waals surface area contributed by atoms with Gasteiger partial charge in [-0.3, -0.25) is 9.69 Å². The zero-order valence-electron chi connectivity index (χ0n) is 16.2. The van der Waals surface area contributed by atoms with E-state index in [0.717, 1.165) is 39.1 Å². The third-order valence-corrected chi connectivity index (χ3v) is 6.08. The van der Waals surface area contributed by atoms with Crippen LogP contribution < -0.4 is 20.5 Å². The third-order valence-electron chi connectivity index (χ3n) is 6.08. The number of ether oxygens (including phenoxy) is 1. The van der Waals surface area contributed by atoms with E-state index < -0.39 is 11.4 Å². The number of likely N-dealkylation sites (tertiary alicyclic amines) is 1. The first-order valence-electron chi connectivity index (χ1n) is 10.2. The van der Waals surface area contributed by atoms with Crippen LogP contribution in [0.2, 0.25) is 0 Å². The number of carbonyl (C=O) groups excluding carboxylic acids is 1. The molecule has 0 bridgehead atoms. The quantitative estimate of drug-likeness (QED) is 0.832. The standard InChI is InChI=1S/C22H25FN4O2/c23-17-6-7-20-19(10-17)21(28)24-14-22(29-20)8-9-26(15-22)12-16-11-25-27(13-16)18-4-2-1-3-5-18/h1-7,10,16,25H,8-9,11-15H2,(H,24,28). The number of para-hydroxylation sites is 1. The molecule has 2 saturated heterocycles. The van der Waals surface area contributed by atoms with Crippen molar-refractivity contribution in [2.24, 2.45) is 5.92 Å². The fraction of sp³-hybridized carbons (Fsp3) is 0.409. The van der Waals surface area contributed by atoms with Gasteiger partial charge in [-0.05, 0) is 30.3 Å². The molecule has 0 aromatic heterocycles. The van der Waals surface area contributed by atoms with Crippen LogP contribution in [0.1, 0.15) is 16.8 Å². The number of hydrogen-bond donors (Lipinski definition) is 2. The number of halogens is 1. The highest BCUT2D eigenvalue weighted by Crippen LogP contribution is 2.33. The first-order valence-corrected chi connectivity index (χ1v) is 10.2. The number of nitrogens with one attached hydrogen (secondary N) is 2. The minimum Gasteiger partial charge on any atom is -0.483 e. The molecular weight excluding hydrogens is 371 g/mol. The van der Waals surface area contributed by atoms with Crippen molar-refractivity contribution < 1.29 is 13.9 Å². The molecule has 0 radical (unpaired) electrons. The minimum atomic E-state index is -0.454. The molecule has 1 amide bonds. The molecule has 2 N–H and O–H groups in total. The van der Waals surface area contributed by atoms with E-state index in [9.17, 15) is 9.18 Å². The maximum Gasteiger partial charge on any atom is 0.255 e. The summed E-state index contributed by atoms with van der Waals surface area (Å²) in [5.74, 6) is 0.296. The highest BCUT2D eigenvalue weighted by molar-refractivity contribution is 5.97. The number of rotatable bonds is 3. The lowest BCUT2D eigenvalue weighted by Crippen LogP contribution is -2.48. The Bertz CT molecular complexity index is 909. The van der Waals surface area contributed by atoms with Crippen LogP contribution in [-0.4, -0.2) is 55.7 Å². The molecule has 1 spiro atoms. The van der Waals surface area contributed by atoms with Gasteiger partial charge in [-0.15, -0.1) is 0 Å². The van der Waals surface area contributed by atoms with Gasteiger partial charge in [0.05, 0.1) is 17.8 Å². The van der Waals surface area contributed by atoms with Gasteiger partial charge in [-0.25, -0.2) is 9.82 Å². The van der Waals surface area contributed by atoms with Gasteiger partial charge >= 0.3 is 0 Å². The Balaban J connectivity index is 1.23. The third kappa shape index (κ3) is 3.68. The molecule has 3 heterocycles. The Morgan fingerprint density at radius 1 is 1.21 bits per heavy atom. The van der Waals surface area contributed by atoms with Gasteiger partial charge in [0.25, 0.3) is 5.91 Å². The molecular formula is C22H25FN4O2. The summed E-state index contributed by atoms with van der Waals surface area (Å²) < 4.78 is 19.9. The first-order chi connectivity index (χ1) is 14.1. The van der Waals surface area contributed by atoms with Crippen molar-refractivity contribution in [2.45, 2.75) is 12.0 Å². The number of hydrazine groups is 1. The van der Waals surface area contributed by atoms with E-state index in [4.69, 9.17) is 4.74 Å². The summed E-state index contributed by atoms with van der Waals surface area (Å²) in [6, 6.07) is 14.5. The van der Waals surface area contributed by atoms with E-state index in [2.05, 4.69) is 44.9 Å². The number of fused-ring (bicyclic) bond motifs is 1. The molecule has 2 atom stereocenters. The fourth-order valence-corrected chi connectivity index (χ4v) is 4.60. The molecule has 5 rings (SSSR count). The Morgan fingerprint density at radius 3 is 2.93 bits per heavy atom. The highest BCUT2D eigenvalue weighted by atomic mass is 19.1.